The summed E-state index contributed by atoms with van der Waals surface area (Å²) in [4.78, 5) is 32.0. The number of piperidine rings is 1. The Balaban J connectivity index is 1.36. The van der Waals surface area contributed by atoms with E-state index in [0.717, 1.165) is 23.4 Å². The number of likely N-dealkylation sites (tertiary alicyclic amines) is 1. The number of ether oxygens (including phenoxy) is 2. The highest BCUT2D eigenvalue weighted by molar-refractivity contribution is 5.99. The number of nitrogens with two attached hydrogens (primary N) is 1. The van der Waals surface area contributed by atoms with Gasteiger partial charge in [-0.05, 0) is 88.8 Å². The number of dihydropyridines is 1. The van der Waals surface area contributed by atoms with Crippen LogP contribution in [-0.2, 0) is 9.53 Å². The normalized spacial score (nSPS) is 20.0. The van der Waals surface area contributed by atoms with Crippen molar-refractivity contribution in [3.05, 3.63) is 47.3 Å². The molecule has 1 aromatic rings. The number of aliphatic imine (C=N–C) groups is 1. The molecule has 4 rings (SSSR count). The van der Waals surface area contributed by atoms with Crippen LogP contribution < -0.4 is 21.1 Å². The molecule has 0 saturated carbocycles. The number of hydrogen-bond acceptors (Lipinski definition) is 8. The van der Waals surface area contributed by atoms with E-state index in [1.54, 1.807) is 38.8 Å². The van der Waals surface area contributed by atoms with Crippen LogP contribution >= 0.6 is 0 Å². The zero-order valence-corrected chi connectivity index (χ0v) is 28.1. The average molecular weight is 684 g/mol. The summed E-state index contributed by atoms with van der Waals surface area (Å²) < 4.78 is 77.6. The van der Waals surface area contributed by atoms with Gasteiger partial charge in [0.15, 0.2) is 6.17 Å². The quantitative estimate of drug-likeness (QED) is 0.124. The summed E-state index contributed by atoms with van der Waals surface area (Å²) in [6.07, 6.45) is -0.299. The zero-order chi connectivity index (χ0) is 35.4. The maximum Gasteiger partial charge on any atom is 0.573 e. The van der Waals surface area contributed by atoms with Crippen molar-refractivity contribution in [3.8, 4) is 5.75 Å². The molecule has 3 unspecified atom stereocenters. The summed E-state index contributed by atoms with van der Waals surface area (Å²) in [5.41, 5.74) is 7.00. The van der Waals surface area contributed by atoms with Crippen LogP contribution in [0.4, 0.5) is 27.6 Å². The summed E-state index contributed by atoms with van der Waals surface area (Å²) in [6, 6.07) is 3.27. The van der Waals surface area contributed by atoms with Crippen LogP contribution in [0.3, 0.4) is 0 Å². The number of nitrogens with zero attached hydrogens (tertiary/aromatic N) is 2. The number of halogens is 5. The van der Waals surface area contributed by atoms with Crippen molar-refractivity contribution in [1.82, 2.24) is 15.5 Å². The van der Waals surface area contributed by atoms with E-state index in [4.69, 9.17) is 15.5 Å². The molecule has 1 aromatic carbocycles. The Labute approximate surface area is 278 Å². The third-order valence-corrected chi connectivity index (χ3v) is 8.86. The van der Waals surface area contributed by atoms with E-state index in [9.17, 15) is 22.8 Å². The van der Waals surface area contributed by atoms with Crippen molar-refractivity contribution in [1.29, 1.82) is 0 Å². The van der Waals surface area contributed by atoms with Crippen molar-refractivity contribution in [2.75, 3.05) is 18.8 Å². The Hall–Kier alpha value is -3.84. The second-order valence-corrected chi connectivity index (χ2v) is 13.6. The smallest absolute Gasteiger partial charge is 0.460 e. The number of fused-ring (bicyclic) bond motifs is 1. The largest absolute Gasteiger partial charge is 0.573 e. The lowest BCUT2D eigenvalue weighted by atomic mass is 9.86. The maximum absolute atomic E-state index is 15.3. The van der Waals surface area contributed by atoms with Crippen LogP contribution in [-0.4, -0.2) is 59.8 Å². The molecule has 0 aliphatic carbocycles. The number of anilines is 1. The fourth-order valence-corrected chi connectivity index (χ4v) is 6.33. The molecule has 0 radical (unpaired) electrons. The van der Waals surface area contributed by atoms with Gasteiger partial charge in [0.25, 0.3) is 5.91 Å². The summed E-state index contributed by atoms with van der Waals surface area (Å²) in [6.45, 7) is 9.69. The third-order valence-electron chi connectivity index (χ3n) is 8.86. The topological polar surface area (TPSA) is 118 Å². The van der Waals surface area contributed by atoms with Gasteiger partial charge in [0, 0.05) is 43.6 Å². The molecule has 9 nitrogen and oxygen atoms in total. The second kappa shape index (κ2) is 14.7. The molecule has 14 heteroatoms. The van der Waals surface area contributed by atoms with Crippen LogP contribution in [0.1, 0.15) is 89.9 Å². The fourth-order valence-electron chi connectivity index (χ4n) is 6.33. The molecule has 0 bridgehead atoms. The molecular formula is C34H46F5N5O4. The van der Waals surface area contributed by atoms with Gasteiger partial charge in [0.1, 0.15) is 17.2 Å². The number of rotatable bonds is 12. The van der Waals surface area contributed by atoms with Gasteiger partial charge >= 0.3 is 12.3 Å². The zero-order valence-electron chi connectivity index (χ0n) is 28.1. The Morgan fingerprint density at radius 1 is 1.08 bits per heavy atom. The summed E-state index contributed by atoms with van der Waals surface area (Å²) in [5, 5.41) is 6.53. The molecule has 0 aromatic heterocycles. The van der Waals surface area contributed by atoms with E-state index in [1.165, 1.54) is 6.07 Å². The second-order valence-electron chi connectivity index (χ2n) is 13.6. The van der Waals surface area contributed by atoms with Crippen LogP contribution in [0.15, 0.2) is 46.7 Å². The number of nitrogens with one attached hydrogen (secondary N) is 2. The first-order chi connectivity index (χ1) is 22.4. The highest BCUT2D eigenvalue weighted by atomic mass is 19.4. The minimum absolute atomic E-state index is 0.0315. The van der Waals surface area contributed by atoms with Crippen LogP contribution in [0, 0.1) is 17.8 Å². The first kappa shape index (κ1) is 37.0. The molecule has 0 spiro atoms. The maximum atomic E-state index is 15.3. The average Bonchev–Trinajstić information content (AvgIpc) is 3.43. The van der Waals surface area contributed by atoms with Crippen molar-refractivity contribution < 1.29 is 41.0 Å². The Morgan fingerprint density at radius 3 is 2.35 bits per heavy atom. The number of alkyl halides is 5. The minimum Gasteiger partial charge on any atom is -0.460 e. The minimum atomic E-state index is -4.87. The van der Waals surface area contributed by atoms with Gasteiger partial charge in [0.05, 0.1) is 17.2 Å². The standard InChI is InChI=1S/C34H46F5N5O4/c1-6-20(31(46)48-32(3,4)5)10-14-33(35,36)19-21(7-2)28-42-27-24(11-15-41-29(27)43-28)22-12-16-44(17-13-22)30(45)25-9-8-23(18-26(25)40)47-34(37,38)39/h8-9,11,15,18,20-22,29,41H,6-7,10,12-14,16-17,19,40H2,1-5H3,(H,42,43). The SMILES string of the molecule is CCC(CCC(F)(F)CC(CC)C1=NC2NC=CC(C3CCN(C(=O)c4ccc(OC(F)(F)F)cc4N)CC3)=C2N1)C(=O)OC(C)(C)C. The fraction of sp³-hybridized carbons (Fsp3) is 0.618. The van der Waals surface area contributed by atoms with Crippen LogP contribution in [0.25, 0.3) is 0 Å². The molecule has 3 aliphatic heterocycles. The number of carbonyl (C=O) groups is 2. The van der Waals surface area contributed by atoms with Gasteiger partial charge in [-0.15, -0.1) is 13.2 Å². The molecule has 48 heavy (non-hydrogen) atoms. The molecule has 3 atom stereocenters. The Morgan fingerprint density at radius 2 is 1.77 bits per heavy atom. The van der Waals surface area contributed by atoms with E-state index in [2.05, 4.69) is 15.4 Å². The molecular weight excluding hydrogens is 637 g/mol. The van der Waals surface area contributed by atoms with E-state index in [1.807, 2.05) is 13.0 Å². The monoisotopic (exact) mass is 683 g/mol. The first-order valence-corrected chi connectivity index (χ1v) is 16.5. The predicted octanol–water partition coefficient (Wildman–Crippen LogP) is 6.92. The van der Waals surface area contributed by atoms with Gasteiger partial charge in [-0.3, -0.25) is 9.59 Å². The van der Waals surface area contributed by atoms with E-state index >= 15 is 8.78 Å². The lowest BCUT2D eigenvalue weighted by molar-refractivity contribution is -0.274. The van der Waals surface area contributed by atoms with Crippen molar-refractivity contribution in [2.45, 2.75) is 104 Å². The van der Waals surface area contributed by atoms with E-state index < -0.39 is 60.4 Å². The number of hydrogen-bond donors (Lipinski definition) is 3. The van der Waals surface area contributed by atoms with Crippen LogP contribution in [0.2, 0.25) is 0 Å². The molecule has 1 fully saturated rings. The van der Waals surface area contributed by atoms with Gasteiger partial charge in [-0.1, -0.05) is 13.8 Å². The molecule has 266 valence electrons. The molecule has 1 saturated heterocycles. The van der Waals surface area contributed by atoms with Crippen molar-refractivity contribution in [3.63, 3.8) is 0 Å². The van der Waals surface area contributed by atoms with Crippen molar-refractivity contribution in [2.24, 2.45) is 22.7 Å². The van der Waals surface area contributed by atoms with Gasteiger partial charge in [0.2, 0.25) is 5.92 Å². The molecule has 1 amide bonds. The summed E-state index contributed by atoms with van der Waals surface area (Å²) in [7, 11) is 0. The predicted molar refractivity (Wildman–Crippen MR) is 172 cm³/mol. The molecule has 3 aliphatic rings. The number of nitrogen functional groups attached to an aromatic ring is 1. The van der Waals surface area contributed by atoms with E-state index in [-0.39, 0.29) is 29.5 Å². The Bertz CT molecular complexity index is 1430. The van der Waals surface area contributed by atoms with Gasteiger partial charge in [-0.2, -0.15) is 0 Å². The number of amidine groups is 1. The van der Waals surface area contributed by atoms with Gasteiger partial charge in [-0.25, -0.2) is 13.8 Å². The number of benzene rings is 1. The Kier molecular flexibility index (Phi) is 11.4. The number of esters is 1. The number of allylic oxidation sites excluding steroid dienone is 2. The summed E-state index contributed by atoms with van der Waals surface area (Å²) >= 11 is 0. The highest BCUT2D eigenvalue weighted by Crippen LogP contribution is 2.37. The number of carbonyl (C=O) groups excluding carboxylic acids is 2. The first-order valence-electron chi connectivity index (χ1n) is 16.5. The third kappa shape index (κ3) is 9.62. The lowest BCUT2D eigenvalue weighted by Gasteiger charge is -2.34. The van der Waals surface area contributed by atoms with E-state index in [0.29, 0.717) is 44.6 Å². The van der Waals surface area contributed by atoms with Crippen molar-refractivity contribution >= 4 is 23.4 Å². The summed E-state index contributed by atoms with van der Waals surface area (Å²) in [5.74, 6) is -4.91. The highest BCUT2D eigenvalue weighted by Gasteiger charge is 2.40. The molecule has 4 N–H and O–H groups in total. The van der Waals surface area contributed by atoms with Gasteiger partial charge < -0.3 is 30.7 Å². The molecule has 3 heterocycles. The lowest BCUT2D eigenvalue weighted by Crippen LogP contribution is -2.40. The number of amides is 1. The van der Waals surface area contributed by atoms with Crippen LogP contribution in [0.5, 0.6) is 5.75 Å².